The molecule has 0 spiro atoms. The normalized spacial score (nSPS) is 20.2. The fraction of sp³-hybridized carbons (Fsp3) is 1.00. The maximum absolute atomic E-state index is 12.4. The molecule has 0 aromatic heterocycles. The summed E-state index contributed by atoms with van der Waals surface area (Å²) in [6.07, 6.45) is -8.96. The molecule has 7 heteroatoms. The minimum absolute atomic E-state index is 0.514. The van der Waals surface area contributed by atoms with Gasteiger partial charge in [0.25, 0.3) is 5.67 Å². The van der Waals surface area contributed by atoms with Gasteiger partial charge in [-0.1, -0.05) is 0 Å². The Kier molecular flexibility index (Phi) is 3.37. The topological polar surface area (TPSA) is 9.23 Å². The zero-order valence-corrected chi connectivity index (χ0v) is 5.96. The van der Waals surface area contributed by atoms with E-state index >= 15 is 0 Å². The fourth-order valence-corrected chi connectivity index (χ4v) is 0.452. The van der Waals surface area contributed by atoms with Crippen LogP contribution >= 0.6 is 0 Å². The SMILES string of the molecule is COC(F)C(F)(CF)C(F)(F)F. The van der Waals surface area contributed by atoms with Crippen LogP contribution in [0.2, 0.25) is 0 Å². The molecule has 0 aliphatic carbocycles. The highest BCUT2D eigenvalue weighted by atomic mass is 19.4. The second-order valence-corrected chi connectivity index (χ2v) is 2.05. The Bertz CT molecular complexity index is 145. The number of rotatable bonds is 3. The third-order valence-electron chi connectivity index (χ3n) is 1.23. The largest absolute Gasteiger partial charge is 0.430 e. The zero-order valence-electron chi connectivity index (χ0n) is 5.96. The van der Waals surface area contributed by atoms with Crippen LogP contribution in [0.3, 0.4) is 0 Å². The highest BCUT2D eigenvalue weighted by molar-refractivity contribution is 4.89. The molecule has 12 heavy (non-hydrogen) atoms. The monoisotopic (exact) mass is 196 g/mol. The summed E-state index contributed by atoms with van der Waals surface area (Å²) in [6.45, 7) is -2.51. The van der Waals surface area contributed by atoms with E-state index in [0.717, 1.165) is 0 Å². The van der Waals surface area contributed by atoms with Crippen LogP contribution in [0, 0.1) is 0 Å². The first-order chi connectivity index (χ1) is 5.29. The van der Waals surface area contributed by atoms with Gasteiger partial charge in [0.1, 0.15) is 6.67 Å². The Morgan fingerprint density at radius 3 is 1.75 bits per heavy atom. The number of alkyl halides is 6. The van der Waals surface area contributed by atoms with E-state index in [1.165, 1.54) is 0 Å². The van der Waals surface area contributed by atoms with Gasteiger partial charge in [-0.2, -0.15) is 13.2 Å². The van der Waals surface area contributed by atoms with Crippen molar-refractivity contribution in [3.8, 4) is 0 Å². The summed E-state index contributed by atoms with van der Waals surface area (Å²) in [5.74, 6) is 0. The van der Waals surface area contributed by atoms with E-state index in [1.807, 2.05) is 0 Å². The minimum Gasteiger partial charge on any atom is -0.349 e. The number of hydrogen-bond acceptors (Lipinski definition) is 1. The summed E-state index contributed by atoms with van der Waals surface area (Å²) in [4.78, 5) is 0. The summed E-state index contributed by atoms with van der Waals surface area (Å²) < 4.78 is 74.4. The highest BCUT2D eigenvalue weighted by Crippen LogP contribution is 2.38. The van der Waals surface area contributed by atoms with E-state index < -0.39 is 24.9 Å². The second kappa shape index (κ2) is 3.51. The van der Waals surface area contributed by atoms with E-state index in [9.17, 15) is 26.3 Å². The van der Waals surface area contributed by atoms with Crippen molar-refractivity contribution in [2.75, 3.05) is 13.8 Å². The maximum atomic E-state index is 12.4. The average molecular weight is 196 g/mol. The van der Waals surface area contributed by atoms with Crippen molar-refractivity contribution < 1.29 is 31.1 Å². The van der Waals surface area contributed by atoms with Gasteiger partial charge in [-0.3, -0.25) is 0 Å². The predicted octanol–water partition coefficient (Wildman–Crippen LogP) is 2.17. The van der Waals surface area contributed by atoms with E-state index in [4.69, 9.17) is 0 Å². The molecule has 0 aliphatic rings. The van der Waals surface area contributed by atoms with E-state index in [0.29, 0.717) is 7.11 Å². The van der Waals surface area contributed by atoms with Gasteiger partial charge in [0, 0.05) is 7.11 Å². The first kappa shape index (κ1) is 11.5. The molecular weight excluding hydrogens is 190 g/mol. The number of ether oxygens (including phenoxy) is 1. The van der Waals surface area contributed by atoms with Gasteiger partial charge in [0.15, 0.2) is 0 Å². The van der Waals surface area contributed by atoms with Gasteiger partial charge >= 0.3 is 6.18 Å². The Hall–Kier alpha value is -0.460. The number of halogens is 6. The van der Waals surface area contributed by atoms with E-state index in [2.05, 4.69) is 4.74 Å². The molecule has 0 fully saturated rings. The van der Waals surface area contributed by atoms with Crippen molar-refractivity contribution in [1.29, 1.82) is 0 Å². The van der Waals surface area contributed by atoms with Gasteiger partial charge in [-0.15, -0.1) is 0 Å². The Morgan fingerprint density at radius 2 is 1.67 bits per heavy atom. The van der Waals surface area contributed by atoms with Crippen molar-refractivity contribution in [2.24, 2.45) is 0 Å². The Labute approximate surface area is 64.3 Å². The molecular formula is C5H6F6O. The summed E-state index contributed by atoms with van der Waals surface area (Å²) in [6, 6.07) is 0. The number of hydrogen-bond donors (Lipinski definition) is 0. The van der Waals surface area contributed by atoms with Crippen molar-refractivity contribution in [2.45, 2.75) is 18.2 Å². The van der Waals surface area contributed by atoms with E-state index in [1.54, 1.807) is 0 Å². The Morgan fingerprint density at radius 1 is 1.25 bits per heavy atom. The molecule has 0 amide bonds. The standard InChI is InChI=1S/C5H6F6O/c1-12-3(7)4(8,2-6)5(9,10)11/h3H,2H2,1H3. The van der Waals surface area contributed by atoms with Crippen LogP contribution in [0.1, 0.15) is 0 Å². The number of methoxy groups -OCH3 is 1. The molecule has 74 valence electrons. The van der Waals surface area contributed by atoms with Crippen LogP contribution in [0.15, 0.2) is 0 Å². The fourth-order valence-electron chi connectivity index (χ4n) is 0.452. The molecule has 0 aromatic carbocycles. The minimum atomic E-state index is -5.61. The zero-order chi connectivity index (χ0) is 9.99. The lowest BCUT2D eigenvalue weighted by Gasteiger charge is -2.26. The molecule has 0 bridgehead atoms. The van der Waals surface area contributed by atoms with Gasteiger partial charge in [-0.05, 0) is 0 Å². The second-order valence-electron chi connectivity index (χ2n) is 2.05. The van der Waals surface area contributed by atoms with Crippen LogP contribution < -0.4 is 0 Å². The van der Waals surface area contributed by atoms with Crippen LogP contribution in [0.4, 0.5) is 26.3 Å². The van der Waals surface area contributed by atoms with Crippen LogP contribution in [0.25, 0.3) is 0 Å². The molecule has 0 aromatic rings. The van der Waals surface area contributed by atoms with Gasteiger partial charge in [0.05, 0.1) is 0 Å². The van der Waals surface area contributed by atoms with Gasteiger partial charge in [-0.25, -0.2) is 13.2 Å². The molecule has 0 aliphatic heterocycles. The Balaban J connectivity index is 4.67. The third-order valence-corrected chi connectivity index (χ3v) is 1.23. The smallest absolute Gasteiger partial charge is 0.349 e. The molecule has 0 N–H and O–H groups in total. The van der Waals surface area contributed by atoms with Crippen molar-refractivity contribution >= 4 is 0 Å². The first-order valence-electron chi connectivity index (χ1n) is 2.78. The molecule has 2 unspecified atom stereocenters. The summed E-state index contributed by atoms with van der Waals surface area (Å²) >= 11 is 0. The van der Waals surface area contributed by atoms with Crippen LogP contribution in [0.5, 0.6) is 0 Å². The molecule has 0 saturated carbocycles. The molecule has 0 radical (unpaired) electrons. The lowest BCUT2D eigenvalue weighted by atomic mass is 10.1. The summed E-state index contributed by atoms with van der Waals surface area (Å²) in [5.41, 5.74) is -4.57. The van der Waals surface area contributed by atoms with Crippen molar-refractivity contribution in [3.63, 3.8) is 0 Å². The molecule has 0 saturated heterocycles. The third kappa shape index (κ3) is 1.82. The molecule has 0 heterocycles. The lowest BCUT2D eigenvalue weighted by molar-refractivity contribution is -0.290. The molecule has 1 nitrogen and oxygen atoms in total. The maximum Gasteiger partial charge on any atom is 0.430 e. The van der Waals surface area contributed by atoms with Crippen molar-refractivity contribution in [3.05, 3.63) is 0 Å². The van der Waals surface area contributed by atoms with Crippen molar-refractivity contribution in [1.82, 2.24) is 0 Å². The van der Waals surface area contributed by atoms with E-state index in [-0.39, 0.29) is 0 Å². The molecule has 0 rings (SSSR count). The quantitative estimate of drug-likeness (QED) is 0.628. The summed E-state index contributed by atoms with van der Waals surface area (Å²) in [5, 5.41) is 0. The summed E-state index contributed by atoms with van der Waals surface area (Å²) in [7, 11) is 0.514. The predicted molar refractivity (Wildman–Crippen MR) is 27.8 cm³/mol. The van der Waals surface area contributed by atoms with Gasteiger partial charge in [0.2, 0.25) is 6.36 Å². The average Bonchev–Trinajstić information content (AvgIpc) is 1.99. The van der Waals surface area contributed by atoms with Gasteiger partial charge < -0.3 is 4.74 Å². The first-order valence-corrected chi connectivity index (χ1v) is 2.78. The molecule has 2 atom stereocenters. The van der Waals surface area contributed by atoms with Crippen LogP contribution in [-0.2, 0) is 4.74 Å². The van der Waals surface area contributed by atoms with Crippen LogP contribution in [-0.4, -0.2) is 32.0 Å². The lowest BCUT2D eigenvalue weighted by Crippen LogP contribution is -2.51. The highest BCUT2D eigenvalue weighted by Gasteiger charge is 2.62.